The minimum Gasteiger partial charge on any atom is -0.356 e. The van der Waals surface area contributed by atoms with Gasteiger partial charge in [-0.25, -0.2) is 12.8 Å². The van der Waals surface area contributed by atoms with Crippen LogP contribution in [0.4, 0.5) is 4.39 Å². The Balaban J connectivity index is 0.00000364. The lowest BCUT2D eigenvalue weighted by atomic mass is 10.1. The van der Waals surface area contributed by atoms with E-state index in [1.165, 1.54) is 18.4 Å². The molecule has 0 aliphatic rings. The van der Waals surface area contributed by atoms with Crippen LogP contribution < -0.4 is 10.6 Å². The van der Waals surface area contributed by atoms with Gasteiger partial charge in [-0.3, -0.25) is 4.99 Å². The molecule has 0 heterocycles. The normalized spacial score (nSPS) is 11.6. The second-order valence-electron chi connectivity index (χ2n) is 6.12. The van der Waals surface area contributed by atoms with Gasteiger partial charge in [0.2, 0.25) is 0 Å². The van der Waals surface area contributed by atoms with Crippen LogP contribution in [0.25, 0.3) is 0 Å². The first kappa shape index (κ1) is 23.4. The molecule has 2 aromatic rings. The van der Waals surface area contributed by atoms with Gasteiger partial charge >= 0.3 is 0 Å². The van der Waals surface area contributed by atoms with Crippen LogP contribution in [-0.2, 0) is 28.6 Å². The number of halogens is 2. The molecule has 0 aromatic heterocycles. The van der Waals surface area contributed by atoms with E-state index in [0.717, 1.165) is 23.1 Å². The third-order valence-electron chi connectivity index (χ3n) is 3.75. The lowest BCUT2D eigenvalue weighted by molar-refractivity contribution is 0.601. The van der Waals surface area contributed by atoms with Crippen molar-refractivity contribution >= 4 is 39.8 Å². The Morgan fingerprint density at radius 2 is 1.52 bits per heavy atom. The van der Waals surface area contributed by atoms with E-state index >= 15 is 0 Å². The molecule has 0 spiro atoms. The maximum Gasteiger partial charge on any atom is 0.191 e. The highest BCUT2D eigenvalue weighted by molar-refractivity contribution is 14.0. The Bertz CT molecular complexity index is 838. The quantitative estimate of drug-likeness (QED) is 0.345. The summed E-state index contributed by atoms with van der Waals surface area (Å²) in [6.07, 6.45) is 1.99. The monoisotopic (exact) mass is 505 g/mol. The number of nitrogens with zero attached hydrogens (tertiary/aromatic N) is 1. The fourth-order valence-corrected chi connectivity index (χ4v) is 3.24. The zero-order valence-corrected chi connectivity index (χ0v) is 18.6. The van der Waals surface area contributed by atoms with Gasteiger partial charge in [-0.05, 0) is 35.2 Å². The van der Waals surface area contributed by atoms with E-state index in [4.69, 9.17) is 0 Å². The Morgan fingerprint density at radius 1 is 0.963 bits per heavy atom. The Labute approximate surface area is 177 Å². The van der Waals surface area contributed by atoms with Gasteiger partial charge in [0.05, 0.1) is 5.75 Å². The van der Waals surface area contributed by atoms with Crippen molar-refractivity contribution in [1.29, 1.82) is 0 Å². The van der Waals surface area contributed by atoms with Gasteiger partial charge in [-0.2, -0.15) is 0 Å². The van der Waals surface area contributed by atoms with Crippen molar-refractivity contribution in [2.75, 3.05) is 19.8 Å². The average molecular weight is 505 g/mol. The van der Waals surface area contributed by atoms with Crippen molar-refractivity contribution in [2.24, 2.45) is 4.99 Å². The molecule has 0 saturated heterocycles. The fourth-order valence-electron chi connectivity index (χ4n) is 2.44. The molecule has 0 atom stereocenters. The van der Waals surface area contributed by atoms with E-state index in [1.54, 1.807) is 19.2 Å². The number of nitrogens with one attached hydrogen (secondary N) is 2. The number of hydrogen-bond acceptors (Lipinski definition) is 3. The van der Waals surface area contributed by atoms with Gasteiger partial charge in [0.1, 0.15) is 5.82 Å². The minimum atomic E-state index is -3.02. The molecule has 0 fully saturated rings. The summed E-state index contributed by atoms with van der Waals surface area (Å²) in [4.78, 5) is 4.17. The molecule has 0 bridgehead atoms. The molecule has 0 aliphatic heterocycles. The molecule has 0 saturated carbocycles. The smallest absolute Gasteiger partial charge is 0.191 e. The highest BCUT2D eigenvalue weighted by Gasteiger charge is 2.04. The highest BCUT2D eigenvalue weighted by Crippen LogP contribution is 2.08. The van der Waals surface area contributed by atoms with Gasteiger partial charge in [-0.15, -0.1) is 24.0 Å². The maximum atomic E-state index is 12.9. The Morgan fingerprint density at radius 3 is 2.07 bits per heavy atom. The number of guanidine groups is 1. The molecule has 0 unspecified atom stereocenters. The van der Waals surface area contributed by atoms with Crippen LogP contribution in [0.5, 0.6) is 0 Å². The molecule has 8 heteroatoms. The fraction of sp³-hybridized carbons (Fsp3) is 0.316. The van der Waals surface area contributed by atoms with Crippen LogP contribution >= 0.6 is 24.0 Å². The average Bonchev–Trinajstić information content (AvgIpc) is 2.59. The SMILES string of the molecule is CN=C(NCCc1ccc(F)cc1)NCc1ccc(CS(C)(=O)=O)cc1.I. The van der Waals surface area contributed by atoms with Crippen molar-refractivity contribution in [1.82, 2.24) is 10.6 Å². The van der Waals surface area contributed by atoms with E-state index in [1.807, 2.05) is 24.3 Å². The van der Waals surface area contributed by atoms with Gasteiger partial charge in [0.15, 0.2) is 15.8 Å². The molecule has 0 amide bonds. The van der Waals surface area contributed by atoms with Gasteiger partial charge in [0, 0.05) is 26.4 Å². The predicted molar refractivity (Wildman–Crippen MR) is 119 cm³/mol. The molecule has 0 aliphatic carbocycles. The molecule has 148 valence electrons. The van der Waals surface area contributed by atoms with Crippen LogP contribution in [0.15, 0.2) is 53.5 Å². The van der Waals surface area contributed by atoms with E-state index in [0.29, 0.717) is 19.0 Å². The summed E-state index contributed by atoms with van der Waals surface area (Å²) in [5, 5.41) is 6.42. The van der Waals surface area contributed by atoms with Crippen LogP contribution in [0.1, 0.15) is 16.7 Å². The molecule has 2 aromatic carbocycles. The summed E-state index contributed by atoms with van der Waals surface area (Å²) in [5.74, 6) is 0.488. The minimum absolute atomic E-state index is 0. The third kappa shape index (κ3) is 9.18. The van der Waals surface area contributed by atoms with E-state index in [9.17, 15) is 12.8 Å². The third-order valence-corrected chi connectivity index (χ3v) is 4.61. The molecule has 2 N–H and O–H groups in total. The maximum absolute atomic E-state index is 12.9. The topological polar surface area (TPSA) is 70.6 Å². The first-order valence-electron chi connectivity index (χ1n) is 8.30. The summed E-state index contributed by atoms with van der Waals surface area (Å²) in [5.41, 5.74) is 2.86. The van der Waals surface area contributed by atoms with E-state index < -0.39 is 9.84 Å². The van der Waals surface area contributed by atoms with Crippen LogP contribution in [0.2, 0.25) is 0 Å². The number of aliphatic imine (C=N–C) groups is 1. The lowest BCUT2D eigenvalue weighted by Gasteiger charge is -2.12. The van der Waals surface area contributed by atoms with Gasteiger partial charge in [-0.1, -0.05) is 36.4 Å². The van der Waals surface area contributed by atoms with Crippen LogP contribution in [0, 0.1) is 5.82 Å². The number of hydrogen-bond donors (Lipinski definition) is 2. The molecule has 5 nitrogen and oxygen atoms in total. The first-order chi connectivity index (χ1) is 12.4. The summed E-state index contributed by atoms with van der Waals surface area (Å²) in [6.45, 7) is 1.26. The number of sulfone groups is 1. The van der Waals surface area contributed by atoms with Gasteiger partial charge in [0.25, 0.3) is 0 Å². The van der Waals surface area contributed by atoms with Crippen LogP contribution in [0.3, 0.4) is 0 Å². The van der Waals surface area contributed by atoms with E-state index in [-0.39, 0.29) is 35.5 Å². The van der Waals surface area contributed by atoms with Crippen molar-refractivity contribution in [3.8, 4) is 0 Å². The zero-order valence-electron chi connectivity index (χ0n) is 15.4. The molecular formula is C19H25FIN3O2S. The summed E-state index contributed by atoms with van der Waals surface area (Å²) < 4.78 is 35.5. The van der Waals surface area contributed by atoms with Crippen molar-refractivity contribution in [2.45, 2.75) is 18.7 Å². The summed E-state index contributed by atoms with van der Waals surface area (Å²) >= 11 is 0. The first-order valence-corrected chi connectivity index (χ1v) is 10.4. The van der Waals surface area contributed by atoms with Gasteiger partial charge < -0.3 is 10.6 Å². The second kappa shape index (κ2) is 11.2. The van der Waals surface area contributed by atoms with Crippen molar-refractivity contribution < 1.29 is 12.8 Å². The van der Waals surface area contributed by atoms with E-state index in [2.05, 4.69) is 15.6 Å². The summed E-state index contributed by atoms with van der Waals surface area (Å²) in [6, 6.07) is 13.9. The highest BCUT2D eigenvalue weighted by atomic mass is 127. The lowest BCUT2D eigenvalue weighted by Crippen LogP contribution is -2.37. The molecule has 27 heavy (non-hydrogen) atoms. The van der Waals surface area contributed by atoms with Crippen LogP contribution in [-0.4, -0.2) is 34.2 Å². The zero-order chi connectivity index (χ0) is 19.0. The molecular weight excluding hydrogens is 480 g/mol. The molecule has 0 radical (unpaired) electrons. The summed E-state index contributed by atoms with van der Waals surface area (Å²) in [7, 11) is -1.32. The Hall–Kier alpha value is -1.68. The second-order valence-corrected chi connectivity index (χ2v) is 8.26. The number of benzene rings is 2. The van der Waals surface area contributed by atoms with Crippen molar-refractivity contribution in [3.63, 3.8) is 0 Å². The number of rotatable bonds is 7. The van der Waals surface area contributed by atoms with Crippen molar-refractivity contribution in [3.05, 3.63) is 71.0 Å². The largest absolute Gasteiger partial charge is 0.356 e. The molecule has 2 rings (SSSR count). The standard InChI is InChI=1S/C19H24FN3O2S.HI/c1-21-19(22-12-11-15-7-9-18(20)10-8-15)23-13-16-3-5-17(6-4-16)14-26(2,24)25;/h3-10H,11-14H2,1-2H3,(H2,21,22,23);1H. The Kier molecular flexibility index (Phi) is 9.71. The predicted octanol–water partition coefficient (Wildman–Crippen LogP) is 2.90.